The van der Waals surface area contributed by atoms with Gasteiger partial charge in [-0.15, -0.1) is 0 Å². The van der Waals surface area contributed by atoms with Crippen molar-refractivity contribution in [2.45, 2.75) is 39.3 Å². The maximum Gasteiger partial charge on any atom is 0.0791 e. The van der Waals surface area contributed by atoms with E-state index in [0.717, 1.165) is 26.1 Å². The van der Waals surface area contributed by atoms with Gasteiger partial charge in [0.1, 0.15) is 0 Å². The van der Waals surface area contributed by atoms with Crippen LogP contribution in [0.15, 0.2) is 30.3 Å². The monoisotopic (exact) mass is 264 g/mol. The molecular formula is C16H28N2O. The van der Waals surface area contributed by atoms with Crippen LogP contribution in [0.4, 0.5) is 0 Å². The summed E-state index contributed by atoms with van der Waals surface area (Å²) in [7, 11) is 0. The third kappa shape index (κ3) is 5.72. The van der Waals surface area contributed by atoms with E-state index < -0.39 is 0 Å². The Bertz CT molecular complexity index is 325. The SMILES string of the molecule is CCC(NCC(O)CN(CC)CC)c1ccccc1. The van der Waals surface area contributed by atoms with Crippen molar-refractivity contribution in [2.75, 3.05) is 26.2 Å². The van der Waals surface area contributed by atoms with E-state index >= 15 is 0 Å². The summed E-state index contributed by atoms with van der Waals surface area (Å²) >= 11 is 0. The summed E-state index contributed by atoms with van der Waals surface area (Å²) in [6.45, 7) is 9.79. The summed E-state index contributed by atoms with van der Waals surface area (Å²) in [5, 5.41) is 13.5. The minimum atomic E-state index is -0.308. The molecule has 1 rings (SSSR count). The van der Waals surface area contributed by atoms with E-state index in [4.69, 9.17) is 0 Å². The fourth-order valence-corrected chi connectivity index (χ4v) is 2.31. The average Bonchev–Trinajstić information content (AvgIpc) is 2.46. The lowest BCUT2D eigenvalue weighted by molar-refractivity contribution is 0.113. The average molecular weight is 264 g/mol. The van der Waals surface area contributed by atoms with Gasteiger partial charge < -0.3 is 15.3 Å². The van der Waals surface area contributed by atoms with Gasteiger partial charge in [0.15, 0.2) is 0 Å². The molecule has 0 aliphatic carbocycles. The first-order valence-corrected chi connectivity index (χ1v) is 7.39. The van der Waals surface area contributed by atoms with Crippen LogP contribution < -0.4 is 5.32 Å². The Morgan fingerprint density at radius 1 is 1.11 bits per heavy atom. The fraction of sp³-hybridized carbons (Fsp3) is 0.625. The van der Waals surface area contributed by atoms with Crippen LogP contribution in [0.25, 0.3) is 0 Å². The molecule has 108 valence electrons. The van der Waals surface area contributed by atoms with Gasteiger partial charge in [-0.25, -0.2) is 0 Å². The molecule has 2 atom stereocenters. The molecule has 0 radical (unpaired) electrons. The Kier molecular flexibility index (Phi) is 7.72. The minimum Gasteiger partial charge on any atom is -0.390 e. The molecule has 2 unspecified atom stereocenters. The van der Waals surface area contributed by atoms with Crippen LogP contribution >= 0.6 is 0 Å². The van der Waals surface area contributed by atoms with E-state index in [1.807, 2.05) is 6.07 Å². The number of hydrogen-bond acceptors (Lipinski definition) is 3. The lowest BCUT2D eigenvalue weighted by atomic mass is 10.0. The van der Waals surface area contributed by atoms with E-state index in [1.54, 1.807) is 0 Å². The molecule has 1 aromatic carbocycles. The Labute approximate surface area is 117 Å². The molecule has 0 heterocycles. The summed E-state index contributed by atoms with van der Waals surface area (Å²) < 4.78 is 0. The van der Waals surface area contributed by atoms with E-state index in [1.165, 1.54) is 5.56 Å². The second-order valence-electron chi connectivity index (χ2n) is 4.92. The topological polar surface area (TPSA) is 35.5 Å². The van der Waals surface area contributed by atoms with E-state index in [0.29, 0.717) is 12.6 Å². The van der Waals surface area contributed by atoms with Crippen molar-refractivity contribution in [3.63, 3.8) is 0 Å². The van der Waals surface area contributed by atoms with Crippen LogP contribution in [-0.2, 0) is 0 Å². The van der Waals surface area contributed by atoms with Gasteiger partial charge in [-0.05, 0) is 25.1 Å². The van der Waals surface area contributed by atoms with Crippen LogP contribution in [0.3, 0.4) is 0 Å². The van der Waals surface area contributed by atoms with Crippen LogP contribution in [0.2, 0.25) is 0 Å². The molecule has 0 aliphatic rings. The normalized spacial score (nSPS) is 14.6. The number of hydrogen-bond donors (Lipinski definition) is 2. The molecule has 0 spiro atoms. The van der Waals surface area contributed by atoms with E-state index in [9.17, 15) is 5.11 Å². The number of nitrogens with zero attached hydrogens (tertiary/aromatic N) is 1. The van der Waals surface area contributed by atoms with Gasteiger partial charge in [0.25, 0.3) is 0 Å². The quantitative estimate of drug-likeness (QED) is 0.719. The van der Waals surface area contributed by atoms with Crippen molar-refractivity contribution in [1.82, 2.24) is 10.2 Å². The highest BCUT2D eigenvalue weighted by molar-refractivity contribution is 5.18. The molecule has 3 nitrogen and oxygen atoms in total. The van der Waals surface area contributed by atoms with Crippen LogP contribution in [0, 0.1) is 0 Å². The van der Waals surface area contributed by atoms with Crippen molar-refractivity contribution in [1.29, 1.82) is 0 Å². The lowest BCUT2D eigenvalue weighted by Crippen LogP contribution is -2.39. The van der Waals surface area contributed by atoms with Crippen LogP contribution in [-0.4, -0.2) is 42.3 Å². The van der Waals surface area contributed by atoms with Gasteiger partial charge in [-0.3, -0.25) is 0 Å². The highest BCUT2D eigenvalue weighted by Crippen LogP contribution is 2.15. The molecule has 0 aliphatic heterocycles. The summed E-state index contributed by atoms with van der Waals surface area (Å²) in [6, 6.07) is 10.8. The molecule has 19 heavy (non-hydrogen) atoms. The molecule has 0 bridgehead atoms. The zero-order valence-electron chi connectivity index (χ0n) is 12.5. The highest BCUT2D eigenvalue weighted by Gasteiger charge is 2.12. The molecule has 1 aromatic rings. The largest absolute Gasteiger partial charge is 0.390 e. The molecule has 3 heteroatoms. The zero-order valence-corrected chi connectivity index (χ0v) is 12.5. The Hall–Kier alpha value is -0.900. The maximum absolute atomic E-state index is 10.1. The summed E-state index contributed by atoms with van der Waals surface area (Å²) in [5.41, 5.74) is 1.29. The Morgan fingerprint density at radius 3 is 2.26 bits per heavy atom. The van der Waals surface area contributed by atoms with Gasteiger partial charge in [-0.2, -0.15) is 0 Å². The molecule has 0 fully saturated rings. The standard InChI is InChI=1S/C16H28N2O/c1-4-16(14-10-8-7-9-11-14)17-12-15(19)13-18(5-2)6-3/h7-11,15-17,19H,4-6,12-13H2,1-3H3. The van der Waals surface area contributed by atoms with Gasteiger partial charge in [-0.1, -0.05) is 51.1 Å². The summed E-state index contributed by atoms with van der Waals surface area (Å²) in [4.78, 5) is 2.25. The first-order chi connectivity index (χ1) is 9.21. The number of rotatable bonds is 9. The third-order valence-electron chi connectivity index (χ3n) is 3.57. The van der Waals surface area contributed by atoms with Crippen molar-refractivity contribution in [3.8, 4) is 0 Å². The Morgan fingerprint density at radius 2 is 1.74 bits per heavy atom. The predicted octanol–water partition coefficient (Wildman–Crippen LogP) is 2.43. The lowest BCUT2D eigenvalue weighted by Gasteiger charge is -2.24. The molecule has 0 amide bonds. The smallest absolute Gasteiger partial charge is 0.0791 e. The molecule has 0 saturated heterocycles. The van der Waals surface area contributed by atoms with Gasteiger partial charge in [0, 0.05) is 19.1 Å². The number of aliphatic hydroxyl groups is 1. The number of benzene rings is 1. The highest BCUT2D eigenvalue weighted by atomic mass is 16.3. The molecule has 0 saturated carbocycles. The van der Waals surface area contributed by atoms with Crippen LogP contribution in [0.1, 0.15) is 38.8 Å². The van der Waals surface area contributed by atoms with E-state index in [-0.39, 0.29) is 6.10 Å². The maximum atomic E-state index is 10.1. The fourth-order valence-electron chi connectivity index (χ4n) is 2.31. The van der Waals surface area contributed by atoms with Crippen molar-refractivity contribution in [3.05, 3.63) is 35.9 Å². The van der Waals surface area contributed by atoms with E-state index in [2.05, 4.69) is 55.3 Å². The van der Waals surface area contributed by atoms with Crippen LogP contribution in [0.5, 0.6) is 0 Å². The number of likely N-dealkylation sites (N-methyl/N-ethyl adjacent to an activating group) is 1. The summed E-state index contributed by atoms with van der Waals surface area (Å²) in [6.07, 6.45) is 0.722. The predicted molar refractivity (Wildman–Crippen MR) is 81.3 cm³/mol. The zero-order chi connectivity index (χ0) is 14.1. The van der Waals surface area contributed by atoms with Gasteiger partial charge >= 0.3 is 0 Å². The second-order valence-corrected chi connectivity index (χ2v) is 4.92. The van der Waals surface area contributed by atoms with Crippen molar-refractivity contribution in [2.24, 2.45) is 0 Å². The van der Waals surface area contributed by atoms with Gasteiger partial charge in [0.05, 0.1) is 6.10 Å². The van der Waals surface area contributed by atoms with Crippen molar-refractivity contribution < 1.29 is 5.11 Å². The van der Waals surface area contributed by atoms with Crippen molar-refractivity contribution >= 4 is 0 Å². The van der Waals surface area contributed by atoms with Gasteiger partial charge in [0.2, 0.25) is 0 Å². The second kappa shape index (κ2) is 9.08. The third-order valence-corrected chi connectivity index (χ3v) is 3.57. The first-order valence-electron chi connectivity index (χ1n) is 7.39. The number of nitrogens with one attached hydrogen (secondary N) is 1. The first kappa shape index (κ1) is 16.2. The molecule has 0 aromatic heterocycles. The number of aliphatic hydroxyl groups excluding tert-OH is 1. The molecular weight excluding hydrogens is 236 g/mol. The molecule has 2 N–H and O–H groups in total. The Balaban J connectivity index is 2.41. The summed E-state index contributed by atoms with van der Waals surface area (Å²) in [5.74, 6) is 0. The minimum absolute atomic E-state index is 0.308.